The Bertz CT molecular complexity index is 577. The molecule has 0 spiro atoms. The highest BCUT2D eigenvalue weighted by Gasteiger charge is 2.14. The number of benzene rings is 2. The predicted molar refractivity (Wildman–Crippen MR) is 79.3 cm³/mol. The molecular formula is C14H13BrClFN2. The van der Waals surface area contributed by atoms with E-state index in [0.29, 0.717) is 15.9 Å². The van der Waals surface area contributed by atoms with Gasteiger partial charge in [-0.1, -0.05) is 35.9 Å². The van der Waals surface area contributed by atoms with Gasteiger partial charge in [0.2, 0.25) is 0 Å². The minimum atomic E-state index is -0.278. The Morgan fingerprint density at radius 1 is 1.26 bits per heavy atom. The van der Waals surface area contributed by atoms with Gasteiger partial charge in [0.05, 0.1) is 10.5 Å². The van der Waals surface area contributed by atoms with Gasteiger partial charge in [0.15, 0.2) is 0 Å². The summed E-state index contributed by atoms with van der Waals surface area (Å²) in [5.41, 5.74) is 4.55. The lowest BCUT2D eigenvalue weighted by molar-refractivity contribution is 0.546. The van der Waals surface area contributed by atoms with Crippen LogP contribution in [0.5, 0.6) is 0 Å². The van der Waals surface area contributed by atoms with E-state index in [4.69, 9.17) is 17.4 Å². The van der Waals surface area contributed by atoms with E-state index < -0.39 is 0 Å². The van der Waals surface area contributed by atoms with Crippen LogP contribution in [-0.4, -0.2) is 0 Å². The van der Waals surface area contributed by atoms with Crippen LogP contribution in [0.25, 0.3) is 0 Å². The standard InChI is InChI=1S/C14H13BrClFN2/c15-14-10(4-2-6-12(14)17)8-13(19-18)9-3-1-5-11(16)7-9/h1-7,13,19H,8,18H2. The summed E-state index contributed by atoms with van der Waals surface area (Å²) in [5, 5.41) is 0.649. The van der Waals surface area contributed by atoms with E-state index >= 15 is 0 Å². The van der Waals surface area contributed by atoms with E-state index in [2.05, 4.69) is 21.4 Å². The normalized spacial score (nSPS) is 12.4. The third kappa shape index (κ3) is 3.54. The molecule has 3 N–H and O–H groups in total. The first-order valence-electron chi connectivity index (χ1n) is 5.76. The summed E-state index contributed by atoms with van der Waals surface area (Å²) in [5.74, 6) is 5.31. The van der Waals surface area contributed by atoms with E-state index in [1.54, 1.807) is 12.1 Å². The first-order valence-corrected chi connectivity index (χ1v) is 6.93. The highest BCUT2D eigenvalue weighted by molar-refractivity contribution is 9.10. The van der Waals surface area contributed by atoms with Crippen molar-refractivity contribution in [2.45, 2.75) is 12.5 Å². The molecule has 0 aromatic heterocycles. The highest BCUT2D eigenvalue weighted by atomic mass is 79.9. The lowest BCUT2D eigenvalue weighted by Gasteiger charge is -2.17. The third-order valence-corrected chi connectivity index (χ3v) is 4.03. The van der Waals surface area contributed by atoms with Gasteiger partial charge in [-0.05, 0) is 51.7 Å². The van der Waals surface area contributed by atoms with Gasteiger partial charge in [0.1, 0.15) is 5.82 Å². The highest BCUT2D eigenvalue weighted by Crippen LogP contribution is 2.26. The maximum atomic E-state index is 13.5. The molecule has 0 fully saturated rings. The van der Waals surface area contributed by atoms with E-state index in [-0.39, 0.29) is 11.9 Å². The van der Waals surface area contributed by atoms with Crippen LogP contribution in [-0.2, 0) is 6.42 Å². The van der Waals surface area contributed by atoms with Crippen molar-refractivity contribution in [3.8, 4) is 0 Å². The molecular weight excluding hydrogens is 331 g/mol. The van der Waals surface area contributed by atoms with Crippen LogP contribution in [0.15, 0.2) is 46.9 Å². The van der Waals surface area contributed by atoms with Gasteiger partial charge in [0.25, 0.3) is 0 Å². The average Bonchev–Trinajstić information content (AvgIpc) is 2.40. The Morgan fingerprint density at radius 2 is 2.00 bits per heavy atom. The van der Waals surface area contributed by atoms with Crippen molar-refractivity contribution in [3.05, 3.63) is 68.9 Å². The van der Waals surface area contributed by atoms with Crippen LogP contribution in [0.1, 0.15) is 17.2 Å². The SMILES string of the molecule is NNC(Cc1cccc(F)c1Br)c1cccc(Cl)c1. The zero-order chi connectivity index (χ0) is 13.8. The molecule has 19 heavy (non-hydrogen) atoms. The number of nitrogens with two attached hydrogens (primary N) is 1. The van der Waals surface area contributed by atoms with E-state index in [1.165, 1.54) is 6.07 Å². The summed E-state index contributed by atoms with van der Waals surface area (Å²) in [6.07, 6.45) is 0.565. The molecule has 0 heterocycles. The molecule has 1 unspecified atom stereocenters. The maximum Gasteiger partial charge on any atom is 0.137 e. The van der Waals surface area contributed by atoms with Crippen molar-refractivity contribution >= 4 is 27.5 Å². The van der Waals surface area contributed by atoms with Crippen LogP contribution in [0.3, 0.4) is 0 Å². The summed E-state index contributed by atoms with van der Waals surface area (Å²) in [6, 6.07) is 12.3. The number of hydrogen-bond donors (Lipinski definition) is 2. The fraction of sp³-hybridized carbons (Fsp3) is 0.143. The molecule has 2 nitrogen and oxygen atoms in total. The molecule has 2 rings (SSSR count). The predicted octanol–water partition coefficient (Wildman–Crippen LogP) is 3.99. The molecule has 0 saturated carbocycles. The molecule has 2 aromatic carbocycles. The third-order valence-electron chi connectivity index (χ3n) is 2.91. The molecule has 100 valence electrons. The van der Waals surface area contributed by atoms with Gasteiger partial charge in [-0.25, -0.2) is 4.39 Å². The molecule has 5 heteroatoms. The van der Waals surface area contributed by atoms with Gasteiger partial charge >= 0.3 is 0 Å². The van der Waals surface area contributed by atoms with Gasteiger partial charge in [-0.15, -0.1) is 0 Å². The molecule has 0 radical (unpaired) electrons. The Labute approximate surface area is 124 Å². The van der Waals surface area contributed by atoms with E-state index in [1.807, 2.05) is 24.3 Å². The monoisotopic (exact) mass is 342 g/mol. The fourth-order valence-electron chi connectivity index (χ4n) is 1.92. The molecule has 2 aromatic rings. The Kier molecular flexibility index (Phi) is 4.93. The van der Waals surface area contributed by atoms with Crippen molar-refractivity contribution in [1.82, 2.24) is 5.43 Å². The Morgan fingerprint density at radius 3 is 2.68 bits per heavy atom. The fourth-order valence-corrected chi connectivity index (χ4v) is 2.55. The lowest BCUT2D eigenvalue weighted by atomic mass is 9.99. The van der Waals surface area contributed by atoms with Crippen molar-refractivity contribution in [2.75, 3.05) is 0 Å². The van der Waals surface area contributed by atoms with Gasteiger partial charge < -0.3 is 0 Å². The van der Waals surface area contributed by atoms with Crippen molar-refractivity contribution in [3.63, 3.8) is 0 Å². The zero-order valence-corrected chi connectivity index (χ0v) is 12.4. The van der Waals surface area contributed by atoms with Gasteiger partial charge in [-0.2, -0.15) is 0 Å². The van der Waals surface area contributed by atoms with E-state index in [0.717, 1.165) is 11.1 Å². The summed E-state index contributed by atoms with van der Waals surface area (Å²) in [7, 11) is 0. The molecule has 0 bridgehead atoms. The molecule has 0 aliphatic rings. The number of hydrogen-bond acceptors (Lipinski definition) is 2. The van der Waals surface area contributed by atoms with Crippen LogP contribution in [0.2, 0.25) is 5.02 Å². The van der Waals surface area contributed by atoms with Crippen LogP contribution in [0.4, 0.5) is 4.39 Å². The van der Waals surface area contributed by atoms with Crippen LogP contribution in [0, 0.1) is 5.82 Å². The van der Waals surface area contributed by atoms with Crippen LogP contribution >= 0.6 is 27.5 Å². The minimum Gasteiger partial charge on any atom is -0.271 e. The first-order chi connectivity index (χ1) is 9.11. The van der Waals surface area contributed by atoms with Crippen molar-refractivity contribution < 1.29 is 4.39 Å². The Balaban J connectivity index is 2.26. The number of nitrogens with one attached hydrogen (secondary N) is 1. The summed E-state index contributed by atoms with van der Waals surface area (Å²) in [6.45, 7) is 0. The second-order valence-corrected chi connectivity index (χ2v) is 5.42. The number of rotatable bonds is 4. The Hall–Kier alpha value is -0.940. The average molecular weight is 344 g/mol. The molecule has 0 amide bonds. The quantitative estimate of drug-likeness (QED) is 0.651. The summed E-state index contributed by atoms with van der Waals surface area (Å²) >= 11 is 9.22. The largest absolute Gasteiger partial charge is 0.271 e. The van der Waals surface area contributed by atoms with E-state index in [9.17, 15) is 4.39 Å². The molecule has 0 saturated heterocycles. The molecule has 0 aliphatic heterocycles. The molecule has 0 aliphatic carbocycles. The van der Waals surface area contributed by atoms with Crippen molar-refractivity contribution in [1.29, 1.82) is 0 Å². The summed E-state index contributed by atoms with van der Waals surface area (Å²) in [4.78, 5) is 0. The maximum absolute atomic E-state index is 13.5. The number of hydrazine groups is 1. The molecule has 1 atom stereocenters. The smallest absolute Gasteiger partial charge is 0.137 e. The topological polar surface area (TPSA) is 38.0 Å². The van der Waals surface area contributed by atoms with Crippen LogP contribution < -0.4 is 11.3 Å². The summed E-state index contributed by atoms with van der Waals surface area (Å²) < 4.78 is 14.0. The van der Waals surface area contributed by atoms with Gasteiger partial charge in [0, 0.05) is 5.02 Å². The zero-order valence-electron chi connectivity index (χ0n) is 10.0. The van der Waals surface area contributed by atoms with Crippen molar-refractivity contribution in [2.24, 2.45) is 5.84 Å². The lowest BCUT2D eigenvalue weighted by Crippen LogP contribution is -2.29. The number of halogens is 3. The first kappa shape index (κ1) is 14.5. The van der Waals surface area contributed by atoms with Gasteiger partial charge in [-0.3, -0.25) is 11.3 Å². The second-order valence-electron chi connectivity index (χ2n) is 4.19. The minimum absolute atomic E-state index is 0.128. The second kappa shape index (κ2) is 6.48.